The number of carbonyl (C=O) groups is 1. The van der Waals surface area contributed by atoms with E-state index in [0.717, 1.165) is 41.4 Å². The smallest absolute Gasteiger partial charge is 0.275 e. The minimum Gasteiger partial charge on any atom is -0.382 e. The lowest BCUT2D eigenvalue weighted by atomic mass is 10.0. The van der Waals surface area contributed by atoms with Crippen LogP contribution >= 0.6 is 11.8 Å². The molecule has 27 heavy (non-hydrogen) atoms. The Morgan fingerprint density at radius 3 is 2.63 bits per heavy atom. The van der Waals surface area contributed by atoms with E-state index in [1.165, 1.54) is 0 Å². The summed E-state index contributed by atoms with van der Waals surface area (Å²) in [7, 11) is 0. The Morgan fingerprint density at radius 2 is 1.85 bits per heavy atom. The van der Waals surface area contributed by atoms with Gasteiger partial charge in [0.1, 0.15) is 0 Å². The second-order valence-corrected chi connectivity index (χ2v) is 6.99. The van der Waals surface area contributed by atoms with Crippen molar-refractivity contribution < 1.29 is 4.79 Å². The SMILES string of the molecule is O=C(c1ccc(NC2CCNCC2)c2cccnc12)N(Cl)c1ccccc1. The normalized spacial score (nSPS) is 14.9. The Labute approximate surface area is 163 Å². The van der Waals surface area contributed by atoms with Crippen molar-refractivity contribution in [1.29, 1.82) is 0 Å². The van der Waals surface area contributed by atoms with Crippen LogP contribution in [0.5, 0.6) is 0 Å². The zero-order chi connectivity index (χ0) is 18.6. The molecule has 2 N–H and O–H groups in total. The minimum absolute atomic E-state index is 0.292. The van der Waals surface area contributed by atoms with Crippen LogP contribution in [0.2, 0.25) is 0 Å². The first-order valence-electron chi connectivity index (χ1n) is 9.14. The summed E-state index contributed by atoms with van der Waals surface area (Å²) in [5.41, 5.74) is 2.77. The van der Waals surface area contributed by atoms with Gasteiger partial charge in [-0.2, -0.15) is 0 Å². The number of halogens is 1. The molecule has 0 atom stereocenters. The van der Waals surface area contributed by atoms with E-state index in [1.807, 2.05) is 36.4 Å². The Morgan fingerprint density at radius 1 is 1.07 bits per heavy atom. The van der Waals surface area contributed by atoms with Gasteiger partial charge in [-0.1, -0.05) is 18.2 Å². The summed E-state index contributed by atoms with van der Waals surface area (Å²) in [5, 5.41) is 7.92. The van der Waals surface area contributed by atoms with E-state index in [0.29, 0.717) is 22.8 Å². The summed E-state index contributed by atoms with van der Waals surface area (Å²) in [6, 6.07) is 17.2. The summed E-state index contributed by atoms with van der Waals surface area (Å²) in [6.07, 6.45) is 3.85. The fourth-order valence-electron chi connectivity index (χ4n) is 3.44. The zero-order valence-electron chi connectivity index (χ0n) is 14.9. The van der Waals surface area contributed by atoms with Gasteiger partial charge < -0.3 is 10.6 Å². The van der Waals surface area contributed by atoms with E-state index in [2.05, 4.69) is 15.6 Å². The first kappa shape index (κ1) is 17.8. The molecular weight excluding hydrogens is 360 g/mol. The summed E-state index contributed by atoms with van der Waals surface area (Å²) in [4.78, 5) is 17.5. The molecule has 0 spiro atoms. The fraction of sp³-hybridized carbons (Fsp3) is 0.238. The van der Waals surface area contributed by atoms with Crippen LogP contribution in [0.4, 0.5) is 11.4 Å². The maximum atomic E-state index is 13.0. The molecule has 0 unspecified atom stereocenters. The second-order valence-electron chi connectivity index (χ2n) is 6.65. The molecular formula is C21H21ClN4O. The number of rotatable bonds is 4. The lowest BCUT2D eigenvalue weighted by Gasteiger charge is -2.25. The maximum absolute atomic E-state index is 13.0. The van der Waals surface area contributed by atoms with Crippen molar-refractivity contribution in [1.82, 2.24) is 10.3 Å². The van der Waals surface area contributed by atoms with Crippen LogP contribution in [0.3, 0.4) is 0 Å². The highest BCUT2D eigenvalue weighted by Gasteiger charge is 2.21. The standard InChI is InChI=1S/C21H21ClN4O/c22-26(16-5-2-1-3-6-16)21(27)18-8-9-19(17-7-4-12-24-20(17)18)25-15-10-13-23-14-11-15/h1-9,12,15,23,25H,10-11,13-14H2. The molecule has 0 radical (unpaired) electrons. The number of carbonyl (C=O) groups excluding carboxylic acids is 1. The number of piperidine rings is 1. The minimum atomic E-state index is -0.292. The molecule has 1 fully saturated rings. The van der Waals surface area contributed by atoms with Gasteiger partial charge in [0, 0.05) is 35.1 Å². The van der Waals surface area contributed by atoms with Crippen LogP contribution < -0.4 is 15.1 Å². The van der Waals surface area contributed by atoms with Crippen molar-refractivity contribution in [2.24, 2.45) is 0 Å². The first-order chi connectivity index (χ1) is 13.2. The highest BCUT2D eigenvalue weighted by Crippen LogP contribution is 2.29. The summed E-state index contributed by atoms with van der Waals surface area (Å²) >= 11 is 6.32. The van der Waals surface area contributed by atoms with E-state index < -0.39 is 0 Å². The third-order valence-corrected chi connectivity index (χ3v) is 5.21. The topological polar surface area (TPSA) is 57.3 Å². The highest BCUT2D eigenvalue weighted by molar-refractivity contribution is 6.40. The lowest BCUT2D eigenvalue weighted by Crippen LogP contribution is -2.35. The molecule has 0 aliphatic carbocycles. The first-order valence-corrected chi connectivity index (χ1v) is 9.48. The van der Waals surface area contributed by atoms with Crippen molar-refractivity contribution in [2.45, 2.75) is 18.9 Å². The fourth-order valence-corrected chi connectivity index (χ4v) is 3.64. The van der Waals surface area contributed by atoms with Crippen molar-refractivity contribution in [2.75, 3.05) is 22.8 Å². The molecule has 2 aromatic carbocycles. The molecule has 6 heteroatoms. The Bertz CT molecular complexity index is 941. The van der Waals surface area contributed by atoms with Crippen molar-refractivity contribution >= 4 is 40.0 Å². The van der Waals surface area contributed by atoms with Gasteiger partial charge in [0.05, 0.1) is 16.8 Å². The summed E-state index contributed by atoms with van der Waals surface area (Å²) in [5.74, 6) is -0.292. The number of hydrogen-bond donors (Lipinski definition) is 2. The predicted octanol–water partition coefficient (Wildman–Crippen LogP) is 4.20. The molecule has 1 aliphatic rings. The van der Waals surface area contributed by atoms with E-state index in [9.17, 15) is 4.79 Å². The van der Waals surface area contributed by atoms with E-state index >= 15 is 0 Å². The average Bonchev–Trinajstić information content (AvgIpc) is 2.74. The third kappa shape index (κ3) is 3.75. The van der Waals surface area contributed by atoms with Gasteiger partial charge in [-0.3, -0.25) is 9.78 Å². The van der Waals surface area contributed by atoms with E-state index in [-0.39, 0.29) is 5.91 Å². The molecule has 0 saturated carbocycles. The van der Waals surface area contributed by atoms with Crippen molar-refractivity contribution in [3.05, 3.63) is 66.4 Å². The quantitative estimate of drug-likeness (QED) is 0.666. The summed E-state index contributed by atoms with van der Waals surface area (Å²) < 4.78 is 1.14. The monoisotopic (exact) mass is 380 g/mol. The number of benzene rings is 2. The maximum Gasteiger partial charge on any atom is 0.275 e. The largest absolute Gasteiger partial charge is 0.382 e. The molecule has 0 bridgehead atoms. The van der Waals surface area contributed by atoms with Gasteiger partial charge in [0.15, 0.2) is 0 Å². The number of amides is 1. The number of anilines is 2. The van der Waals surface area contributed by atoms with Crippen LogP contribution in [-0.2, 0) is 0 Å². The zero-order valence-corrected chi connectivity index (χ0v) is 15.6. The number of para-hydroxylation sites is 1. The van der Waals surface area contributed by atoms with Crippen LogP contribution in [-0.4, -0.2) is 30.0 Å². The van der Waals surface area contributed by atoms with Crippen molar-refractivity contribution in [3.63, 3.8) is 0 Å². The highest BCUT2D eigenvalue weighted by atomic mass is 35.5. The molecule has 1 aromatic heterocycles. The number of hydrogen-bond acceptors (Lipinski definition) is 4. The Hall–Kier alpha value is -2.63. The van der Waals surface area contributed by atoms with Gasteiger partial charge >= 0.3 is 0 Å². The number of aromatic nitrogens is 1. The number of nitrogens with zero attached hydrogens (tertiary/aromatic N) is 2. The van der Waals surface area contributed by atoms with Crippen molar-refractivity contribution in [3.8, 4) is 0 Å². The summed E-state index contributed by atoms with van der Waals surface area (Å²) in [6.45, 7) is 2.03. The second kappa shape index (κ2) is 7.94. The Kier molecular flexibility index (Phi) is 5.23. The number of fused-ring (bicyclic) bond motifs is 1. The molecule has 1 saturated heterocycles. The van der Waals surface area contributed by atoms with Crippen LogP contribution in [0.15, 0.2) is 60.8 Å². The van der Waals surface area contributed by atoms with E-state index in [1.54, 1.807) is 24.4 Å². The molecule has 1 aliphatic heterocycles. The molecule has 4 rings (SSSR count). The van der Waals surface area contributed by atoms with Gasteiger partial charge in [0.25, 0.3) is 5.91 Å². The molecule has 138 valence electrons. The molecule has 5 nitrogen and oxygen atoms in total. The predicted molar refractivity (Wildman–Crippen MR) is 110 cm³/mol. The van der Waals surface area contributed by atoms with Gasteiger partial charge in [0.2, 0.25) is 0 Å². The lowest BCUT2D eigenvalue weighted by molar-refractivity contribution is 0.101. The van der Waals surface area contributed by atoms with Gasteiger partial charge in [-0.25, -0.2) is 4.42 Å². The third-order valence-electron chi connectivity index (χ3n) is 4.86. The average molecular weight is 381 g/mol. The van der Waals surface area contributed by atoms with E-state index in [4.69, 9.17) is 11.8 Å². The van der Waals surface area contributed by atoms with Gasteiger partial charge in [-0.15, -0.1) is 0 Å². The Balaban J connectivity index is 1.68. The molecule has 3 aromatic rings. The van der Waals surface area contributed by atoms with Crippen LogP contribution in [0, 0.1) is 0 Å². The van der Waals surface area contributed by atoms with Crippen LogP contribution in [0.25, 0.3) is 10.9 Å². The van der Waals surface area contributed by atoms with Gasteiger partial charge in [-0.05, 0) is 62.3 Å². The number of pyridine rings is 1. The molecule has 1 amide bonds. The number of nitrogens with one attached hydrogen (secondary N) is 2. The molecule has 2 heterocycles. The van der Waals surface area contributed by atoms with Crippen LogP contribution in [0.1, 0.15) is 23.2 Å².